The zero-order valence-corrected chi connectivity index (χ0v) is 22.3. The number of pyridine rings is 1. The number of carboxylic acid groups (broad SMARTS) is 1. The van der Waals surface area contributed by atoms with Crippen molar-refractivity contribution in [1.29, 1.82) is 0 Å². The molecular weight excluding hydrogens is 516 g/mol. The number of aromatic nitrogens is 2. The molecule has 3 aromatic rings. The van der Waals surface area contributed by atoms with Crippen molar-refractivity contribution in [2.24, 2.45) is 17.3 Å². The Hall–Kier alpha value is -2.95. The third kappa shape index (κ3) is 3.84. The minimum atomic E-state index is -0.950. The van der Waals surface area contributed by atoms with Crippen LogP contribution in [-0.4, -0.2) is 68.2 Å². The van der Waals surface area contributed by atoms with Gasteiger partial charge in [-0.3, -0.25) is 19.5 Å². The molecule has 0 aromatic carbocycles. The molecule has 1 N–H and O–H groups in total. The van der Waals surface area contributed by atoms with Gasteiger partial charge in [-0.1, -0.05) is 25.4 Å². The molecule has 0 bridgehead atoms. The molecule has 2 unspecified atom stereocenters. The lowest BCUT2D eigenvalue weighted by atomic mass is 10.1. The normalized spacial score (nSPS) is 24.7. The van der Waals surface area contributed by atoms with Gasteiger partial charge in [-0.2, -0.15) is 0 Å². The van der Waals surface area contributed by atoms with E-state index in [-0.39, 0.29) is 48.3 Å². The maximum atomic E-state index is 12.8. The van der Waals surface area contributed by atoms with Crippen molar-refractivity contribution in [1.82, 2.24) is 19.4 Å². The maximum absolute atomic E-state index is 12.8. The maximum Gasteiger partial charge on any atom is 0.407 e. The number of ether oxygens (including phenoxy) is 1. The molecule has 5 heterocycles. The summed E-state index contributed by atoms with van der Waals surface area (Å²) >= 11 is 8.08. The van der Waals surface area contributed by atoms with E-state index >= 15 is 0 Å². The van der Waals surface area contributed by atoms with Crippen LogP contribution in [0.5, 0.6) is 0 Å². The first-order chi connectivity index (χ1) is 17.6. The van der Waals surface area contributed by atoms with Crippen molar-refractivity contribution in [2.75, 3.05) is 19.7 Å². The molecule has 0 spiro atoms. The van der Waals surface area contributed by atoms with Crippen LogP contribution in [0.1, 0.15) is 24.4 Å². The second-order valence-corrected chi connectivity index (χ2v) is 12.2. The molecule has 9 nitrogen and oxygen atoms in total. The fourth-order valence-corrected chi connectivity index (χ4v) is 7.19. The molecule has 1 aliphatic carbocycles. The number of fused-ring (bicyclic) bond motifs is 2. The summed E-state index contributed by atoms with van der Waals surface area (Å²) in [6, 6.07) is 5.78. The van der Waals surface area contributed by atoms with Gasteiger partial charge in [0.1, 0.15) is 0 Å². The number of amides is 3. The molecule has 3 amide bonds. The molecule has 37 heavy (non-hydrogen) atoms. The molecule has 11 heteroatoms. The van der Waals surface area contributed by atoms with Gasteiger partial charge >= 0.3 is 6.09 Å². The molecule has 3 fully saturated rings. The van der Waals surface area contributed by atoms with E-state index in [2.05, 4.69) is 9.55 Å². The number of rotatable bonds is 5. The smallest absolute Gasteiger partial charge is 0.407 e. The Bertz CT molecular complexity index is 1440. The summed E-state index contributed by atoms with van der Waals surface area (Å²) in [5, 5.41) is 10.0. The number of hydrogen-bond donors (Lipinski definition) is 1. The number of halogens is 1. The number of thiophene rings is 1. The molecule has 3 aromatic heterocycles. The number of imide groups is 1. The van der Waals surface area contributed by atoms with Gasteiger partial charge in [0, 0.05) is 28.9 Å². The summed E-state index contributed by atoms with van der Waals surface area (Å²) < 4.78 is 8.89. The van der Waals surface area contributed by atoms with Gasteiger partial charge in [0.2, 0.25) is 11.8 Å². The van der Waals surface area contributed by atoms with E-state index < -0.39 is 6.09 Å². The summed E-state index contributed by atoms with van der Waals surface area (Å²) in [7, 11) is 0. The van der Waals surface area contributed by atoms with Crippen LogP contribution in [0.2, 0.25) is 5.02 Å². The Kier molecular flexibility index (Phi) is 5.63. The van der Waals surface area contributed by atoms with E-state index in [1.807, 2.05) is 39.0 Å². The quantitative estimate of drug-likeness (QED) is 0.483. The highest BCUT2D eigenvalue weighted by molar-refractivity contribution is 7.19. The minimum absolute atomic E-state index is 0.0789. The highest BCUT2D eigenvalue weighted by Crippen LogP contribution is 2.63. The monoisotopic (exact) mass is 542 g/mol. The Morgan fingerprint density at radius 2 is 2.00 bits per heavy atom. The van der Waals surface area contributed by atoms with Crippen LogP contribution >= 0.6 is 22.9 Å². The predicted molar refractivity (Wildman–Crippen MR) is 138 cm³/mol. The zero-order chi connectivity index (χ0) is 26.2. The summed E-state index contributed by atoms with van der Waals surface area (Å²) in [4.78, 5) is 45.3. The number of piperidine rings is 1. The van der Waals surface area contributed by atoms with Gasteiger partial charge < -0.3 is 19.3 Å². The fourth-order valence-electron chi connectivity index (χ4n) is 5.86. The van der Waals surface area contributed by atoms with E-state index in [0.717, 1.165) is 32.0 Å². The summed E-state index contributed by atoms with van der Waals surface area (Å²) in [6.45, 7) is 7.58. The molecule has 2 aliphatic heterocycles. The molecule has 194 valence electrons. The topological polar surface area (TPSA) is 105 Å². The lowest BCUT2D eigenvalue weighted by Crippen LogP contribution is -2.46. The second kappa shape index (κ2) is 8.54. The van der Waals surface area contributed by atoms with Crippen LogP contribution in [0, 0.1) is 24.2 Å². The molecule has 0 radical (unpaired) electrons. The van der Waals surface area contributed by atoms with Crippen molar-refractivity contribution in [3.8, 4) is 11.3 Å². The van der Waals surface area contributed by atoms with E-state index in [9.17, 15) is 19.5 Å². The van der Waals surface area contributed by atoms with Crippen LogP contribution in [0.15, 0.2) is 24.4 Å². The Morgan fingerprint density at radius 1 is 1.27 bits per heavy atom. The van der Waals surface area contributed by atoms with E-state index in [0.29, 0.717) is 24.7 Å². The average molecular weight is 543 g/mol. The van der Waals surface area contributed by atoms with E-state index in [1.165, 1.54) is 21.1 Å². The van der Waals surface area contributed by atoms with Gasteiger partial charge in [0.15, 0.2) is 0 Å². The molecule has 1 saturated carbocycles. The minimum Gasteiger partial charge on any atom is -0.465 e. The summed E-state index contributed by atoms with van der Waals surface area (Å²) in [5.41, 5.74) is 3.24. The third-order valence-electron chi connectivity index (χ3n) is 8.04. The van der Waals surface area contributed by atoms with Crippen molar-refractivity contribution in [3.05, 3.63) is 40.0 Å². The van der Waals surface area contributed by atoms with Crippen molar-refractivity contribution >= 4 is 51.1 Å². The number of hydrogen-bond acceptors (Lipinski definition) is 6. The first-order valence-electron chi connectivity index (χ1n) is 12.3. The SMILES string of the molecule is Cc1c(Cl)cc(-c2ccnc3cc(CN4C(=O)C5C(C4=O)C5(C)C)sc23)n1C[C@@H]1CN(C(=O)O)CCO1. The van der Waals surface area contributed by atoms with Crippen molar-refractivity contribution in [3.63, 3.8) is 0 Å². The largest absolute Gasteiger partial charge is 0.465 e. The molecule has 3 atom stereocenters. The third-order valence-corrected chi connectivity index (χ3v) is 9.57. The lowest BCUT2D eigenvalue weighted by Gasteiger charge is -2.32. The molecule has 6 rings (SSSR count). The van der Waals surface area contributed by atoms with Crippen LogP contribution in [-0.2, 0) is 27.4 Å². The van der Waals surface area contributed by atoms with Crippen molar-refractivity contribution in [2.45, 2.75) is 40.0 Å². The van der Waals surface area contributed by atoms with E-state index in [4.69, 9.17) is 16.3 Å². The predicted octanol–water partition coefficient (Wildman–Crippen LogP) is 4.25. The van der Waals surface area contributed by atoms with E-state index in [1.54, 1.807) is 6.20 Å². The van der Waals surface area contributed by atoms with Gasteiger partial charge in [0.05, 0.1) is 65.1 Å². The van der Waals surface area contributed by atoms with Crippen LogP contribution in [0.3, 0.4) is 0 Å². The zero-order valence-electron chi connectivity index (χ0n) is 20.7. The lowest BCUT2D eigenvalue weighted by molar-refractivity contribution is -0.143. The average Bonchev–Trinajstić information content (AvgIpc) is 3.11. The number of carbonyl (C=O) groups is 3. The standard InChI is InChI=1S/C26H27ClN4O5S/c1-13-17(27)9-19(30(13)11-14-10-29(25(34)35)6-7-36-14)16-4-5-28-18-8-15(37-22(16)18)12-31-23(32)20-21(24(31)33)26(20,2)3/h4-5,8-9,14,20-21H,6-7,10-12H2,1-3H3,(H,34,35)/t14-,20?,21?/m0/s1. The van der Waals surface area contributed by atoms with Gasteiger partial charge in [-0.15, -0.1) is 11.3 Å². The molecule has 3 aliphatic rings. The Morgan fingerprint density at radius 3 is 2.70 bits per heavy atom. The van der Waals surface area contributed by atoms with Crippen molar-refractivity contribution < 1.29 is 24.2 Å². The Labute approximate surface area is 222 Å². The highest BCUT2D eigenvalue weighted by Gasteiger charge is 2.72. The Balaban J connectivity index is 1.30. The summed E-state index contributed by atoms with van der Waals surface area (Å²) in [6.07, 6.45) is 0.487. The fraction of sp³-hybridized carbons (Fsp3) is 0.462. The number of nitrogens with zero attached hydrogens (tertiary/aromatic N) is 4. The molecular formula is C26H27ClN4O5S. The number of carbonyl (C=O) groups excluding carboxylic acids is 2. The van der Waals surface area contributed by atoms with Gasteiger partial charge in [-0.05, 0) is 30.5 Å². The first kappa shape index (κ1) is 24.4. The van der Waals surface area contributed by atoms with Gasteiger partial charge in [-0.25, -0.2) is 4.79 Å². The van der Waals surface area contributed by atoms with Crippen LogP contribution in [0.25, 0.3) is 21.5 Å². The molecule has 2 saturated heterocycles. The second-order valence-electron chi connectivity index (χ2n) is 10.6. The van der Waals surface area contributed by atoms with Crippen LogP contribution < -0.4 is 0 Å². The number of morpholine rings is 1. The van der Waals surface area contributed by atoms with Crippen LogP contribution in [0.4, 0.5) is 4.79 Å². The summed E-state index contributed by atoms with van der Waals surface area (Å²) in [5.74, 6) is -0.555. The number of likely N-dealkylation sites (tertiary alicyclic amines) is 1. The van der Waals surface area contributed by atoms with Gasteiger partial charge in [0.25, 0.3) is 0 Å². The first-order valence-corrected chi connectivity index (χ1v) is 13.5. The highest BCUT2D eigenvalue weighted by atomic mass is 35.5.